The monoisotopic (exact) mass is 207 g/mol. The summed E-state index contributed by atoms with van der Waals surface area (Å²) >= 11 is 0. The second-order valence-electron chi connectivity index (χ2n) is 4.72. The summed E-state index contributed by atoms with van der Waals surface area (Å²) in [4.78, 5) is 0. The molecule has 1 aromatic carbocycles. The molecular weight excluding hydrogens is 188 g/mol. The van der Waals surface area contributed by atoms with Gasteiger partial charge in [0.2, 0.25) is 0 Å². The third-order valence-electron chi connectivity index (χ3n) is 1.86. The molecule has 0 heterocycles. The van der Waals surface area contributed by atoms with Crippen LogP contribution >= 0.6 is 0 Å². The average molecular weight is 207 g/mol. The minimum absolute atomic E-state index is 0.0134. The van der Waals surface area contributed by atoms with Crippen LogP contribution in [0, 0.1) is 11.8 Å². The van der Waals surface area contributed by atoms with Crippen molar-refractivity contribution < 1.29 is 9.84 Å². The molecule has 1 rings (SSSR count). The lowest BCUT2D eigenvalue weighted by Crippen LogP contribution is -2.24. The molecular formula is C13H19O2. The van der Waals surface area contributed by atoms with E-state index in [1.807, 2.05) is 36.8 Å². The summed E-state index contributed by atoms with van der Waals surface area (Å²) in [6, 6.07) is 9.52. The van der Waals surface area contributed by atoms with Gasteiger partial charge in [-0.2, -0.15) is 0 Å². The van der Waals surface area contributed by atoms with Crippen LogP contribution in [0.5, 0.6) is 5.75 Å². The molecule has 0 aromatic heterocycles. The van der Waals surface area contributed by atoms with Crippen molar-refractivity contribution in [3.63, 3.8) is 0 Å². The Kier molecular flexibility index (Phi) is 4.15. The van der Waals surface area contributed by atoms with Crippen LogP contribution in [0.3, 0.4) is 0 Å². The molecule has 0 aliphatic heterocycles. The maximum absolute atomic E-state index is 9.67. The van der Waals surface area contributed by atoms with Gasteiger partial charge in [0, 0.05) is 0 Å². The smallest absolute Gasteiger partial charge is 0.119 e. The molecule has 2 nitrogen and oxygen atoms in total. The Morgan fingerprint density at radius 1 is 1.27 bits per heavy atom. The third kappa shape index (κ3) is 5.43. The first kappa shape index (κ1) is 12.1. The number of rotatable bonds is 4. The van der Waals surface area contributed by atoms with E-state index in [2.05, 4.69) is 20.8 Å². The Labute approximate surface area is 91.9 Å². The summed E-state index contributed by atoms with van der Waals surface area (Å²) in [5.41, 5.74) is 0.0134. The molecule has 0 spiro atoms. The molecule has 0 aliphatic rings. The highest BCUT2D eigenvalue weighted by molar-refractivity contribution is 5.20. The van der Waals surface area contributed by atoms with E-state index >= 15 is 0 Å². The lowest BCUT2D eigenvalue weighted by molar-refractivity contribution is 0.115. The SMILES string of the molecule is CC(C)(C)[CH][C@H](O)COc1ccccc1. The first-order valence-electron chi connectivity index (χ1n) is 5.19. The number of benzene rings is 1. The number of aliphatic hydroxyl groups excluding tert-OH is 1. The minimum atomic E-state index is -0.523. The third-order valence-corrected chi connectivity index (χ3v) is 1.86. The van der Waals surface area contributed by atoms with Crippen molar-refractivity contribution in [2.75, 3.05) is 6.61 Å². The maximum atomic E-state index is 9.67. The second-order valence-corrected chi connectivity index (χ2v) is 4.72. The predicted octanol–water partition coefficient (Wildman–Crippen LogP) is 2.68. The molecule has 15 heavy (non-hydrogen) atoms. The standard InChI is InChI=1S/C13H19O2/c1-13(2,3)9-11(14)10-15-12-7-5-4-6-8-12/h4-9,11,14H,10H2,1-3H3/t11-/m0/s1. The molecule has 0 fully saturated rings. The largest absolute Gasteiger partial charge is 0.491 e. The highest BCUT2D eigenvalue weighted by atomic mass is 16.5. The fourth-order valence-corrected chi connectivity index (χ4v) is 1.32. The van der Waals surface area contributed by atoms with Crippen molar-refractivity contribution in [1.29, 1.82) is 0 Å². The Morgan fingerprint density at radius 3 is 2.40 bits per heavy atom. The van der Waals surface area contributed by atoms with E-state index < -0.39 is 6.10 Å². The van der Waals surface area contributed by atoms with E-state index in [-0.39, 0.29) is 5.41 Å². The van der Waals surface area contributed by atoms with Gasteiger partial charge in [0.15, 0.2) is 0 Å². The second kappa shape index (κ2) is 5.17. The van der Waals surface area contributed by atoms with Gasteiger partial charge in [0.05, 0.1) is 6.10 Å². The molecule has 1 aromatic rings. The van der Waals surface area contributed by atoms with Gasteiger partial charge in [0.1, 0.15) is 12.4 Å². The van der Waals surface area contributed by atoms with Crippen LogP contribution in [0.25, 0.3) is 0 Å². The lowest BCUT2D eigenvalue weighted by Gasteiger charge is -2.21. The van der Waals surface area contributed by atoms with Gasteiger partial charge in [-0.3, -0.25) is 0 Å². The van der Waals surface area contributed by atoms with Gasteiger partial charge in [-0.15, -0.1) is 0 Å². The van der Waals surface area contributed by atoms with Crippen molar-refractivity contribution in [1.82, 2.24) is 0 Å². The molecule has 0 saturated carbocycles. The van der Waals surface area contributed by atoms with Crippen LogP contribution in [0.1, 0.15) is 20.8 Å². The highest BCUT2D eigenvalue weighted by Crippen LogP contribution is 2.20. The molecule has 0 bridgehead atoms. The van der Waals surface area contributed by atoms with Crippen LogP contribution in [0.2, 0.25) is 0 Å². The molecule has 0 amide bonds. The zero-order valence-corrected chi connectivity index (χ0v) is 9.60. The van der Waals surface area contributed by atoms with Crippen LogP contribution in [-0.4, -0.2) is 17.8 Å². The van der Waals surface area contributed by atoms with Crippen LogP contribution in [-0.2, 0) is 0 Å². The van der Waals surface area contributed by atoms with E-state index in [1.165, 1.54) is 0 Å². The first-order valence-corrected chi connectivity index (χ1v) is 5.19. The van der Waals surface area contributed by atoms with E-state index in [4.69, 9.17) is 4.74 Å². The van der Waals surface area contributed by atoms with E-state index in [9.17, 15) is 5.11 Å². The Bertz CT molecular complexity index is 274. The summed E-state index contributed by atoms with van der Waals surface area (Å²) in [7, 11) is 0. The number of ether oxygens (including phenoxy) is 1. The van der Waals surface area contributed by atoms with Crippen LogP contribution in [0.4, 0.5) is 0 Å². The van der Waals surface area contributed by atoms with Crippen molar-refractivity contribution in [3.8, 4) is 5.75 Å². The first-order chi connectivity index (χ1) is 6.97. The molecule has 0 aliphatic carbocycles. The molecule has 1 N–H and O–H groups in total. The van der Waals surface area contributed by atoms with Crippen LogP contribution in [0.15, 0.2) is 30.3 Å². The number of aliphatic hydroxyl groups is 1. The Hall–Kier alpha value is -1.02. The fourth-order valence-electron chi connectivity index (χ4n) is 1.32. The van der Waals surface area contributed by atoms with Gasteiger partial charge in [-0.25, -0.2) is 0 Å². The topological polar surface area (TPSA) is 29.5 Å². The Morgan fingerprint density at radius 2 is 1.87 bits per heavy atom. The van der Waals surface area contributed by atoms with Gasteiger partial charge in [-0.05, 0) is 24.0 Å². The van der Waals surface area contributed by atoms with Gasteiger partial charge < -0.3 is 9.84 Å². The number of para-hydroxylation sites is 1. The lowest BCUT2D eigenvalue weighted by atomic mass is 9.89. The number of hydrogen-bond acceptors (Lipinski definition) is 2. The highest BCUT2D eigenvalue weighted by Gasteiger charge is 2.17. The minimum Gasteiger partial charge on any atom is -0.491 e. The molecule has 83 valence electrons. The van der Waals surface area contributed by atoms with Gasteiger partial charge in [0.25, 0.3) is 0 Å². The van der Waals surface area contributed by atoms with Crippen molar-refractivity contribution >= 4 is 0 Å². The molecule has 1 atom stereocenters. The van der Waals surface area contributed by atoms with Crippen molar-refractivity contribution in [2.45, 2.75) is 26.9 Å². The van der Waals surface area contributed by atoms with Crippen molar-refractivity contribution in [3.05, 3.63) is 36.8 Å². The molecule has 0 saturated heterocycles. The average Bonchev–Trinajstić information content (AvgIpc) is 2.14. The number of hydrogen-bond donors (Lipinski definition) is 1. The predicted molar refractivity (Wildman–Crippen MR) is 61.7 cm³/mol. The molecule has 2 heteroatoms. The summed E-state index contributed by atoms with van der Waals surface area (Å²) in [6.07, 6.45) is 1.36. The van der Waals surface area contributed by atoms with E-state index in [0.717, 1.165) is 5.75 Å². The van der Waals surface area contributed by atoms with E-state index in [0.29, 0.717) is 6.61 Å². The maximum Gasteiger partial charge on any atom is 0.119 e. The summed E-state index contributed by atoms with van der Waals surface area (Å²) < 4.78 is 5.43. The van der Waals surface area contributed by atoms with Crippen LogP contribution < -0.4 is 4.74 Å². The van der Waals surface area contributed by atoms with Gasteiger partial charge in [-0.1, -0.05) is 39.0 Å². The van der Waals surface area contributed by atoms with Crippen molar-refractivity contribution in [2.24, 2.45) is 5.41 Å². The Balaban J connectivity index is 2.32. The summed E-state index contributed by atoms with van der Waals surface area (Å²) in [5.74, 6) is 0.791. The zero-order valence-electron chi connectivity index (χ0n) is 9.60. The fraction of sp³-hybridized carbons (Fsp3) is 0.462. The molecule has 1 radical (unpaired) electrons. The quantitative estimate of drug-likeness (QED) is 0.822. The van der Waals surface area contributed by atoms with Gasteiger partial charge >= 0.3 is 0 Å². The summed E-state index contributed by atoms with van der Waals surface area (Å²) in [6.45, 7) is 6.47. The normalized spacial score (nSPS) is 13.6. The zero-order chi connectivity index (χ0) is 11.3. The van der Waals surface area contributed by atoms with E-state index in [1.54, 1.807) is 0 Å². The summed E-state index contributed by atoms with van der Waals surface area (Å²) in [5, 5.41) is 9.67. The molecule has 0 unspecified atom stereocenters.